The summed E-state index contributed by atoms with van der Waals surface area (Å²) < 4.78 is 5.48. The topological polar surface area (TPSA) is 64.4 Å². The number of ether oxygens (including phenoxy) is 1. The summed E-state index contributed by atoms with van der Waals surface area (Å²) in [5.74, 6) is 0. The van der Waals surface area contributed by atoms with E-state index >= 15 is 0 Å². The molecule has 1 aromatic carbocycles. The molecule has 1 aromatic rings. The fourth-order valence-corrected chi connectivity index (χ4v) is 1.58. The van der Waals surface area contributed by atoms with Gasteiger partial charge in [0, 0.05) is 24.2 Å². The van der Waals surface area contributed by atoms with E-state index in [2.05, 4.69) is 5.32 Å². The van der Waals surface area contributed by atoms with E-state index in [0.29, 0.717) is 10.6 Å². The maximum absolute atomic E-state index is 10.8. The lowest BCUT2D eigenvalue weighted by Gasteiger charge is -2.27. The Balaban J connectivity index is 2.08. The monoisotopic (exact) mass is 242 g/mol. The molecule has 0 aromatic heterocycles. The number of nitrogens with one attached hydrogen (secondary N) is 1. The van der Waals surface area contributed by atoms with Crippen LogP contribution < -0.4 is 5.32 Å². The lowest BCUT2D eigenvalue weighted by atomic mass is 10.2. The van der Waals surface area contributed by atoms with Gasteiger partial charge >= 0.3 is 0 Å². The first-order chi connectivity index (χ1) is 7.66. The van der Waals surface area contributed by atoms with E-state index in [4.69, 9.17) is 16.3 Å². The van der Waals surface area contributed by atoms with Crippen LogP contribution in [0, 0.1) is 10.1 Å². The lowest BCUT2D eigenvalue weighted by Crippen LogP contribution is -2.48. The molecule has 1 saturated heterocycles. The Hall–Kier alpha value is -1.17. The van der Waals surface area contributed by atoms with E-state index in [1.165, 1.54) is 6.07 Å². The largest absolute Gasteiger partial charge is 0.371 e. The molecule has 0 amide bonds. The van der Waals surface area contributed by atoms with Crippen LogP contribution in [0.1, 0.15) is 5.56 Å². The molecule has 1 aliphatic rings. The number of nitro benzene ring substituents is 1. The highest BCUT2D eigenvalue weighted by atomic mass is 35.5. The van der Waals surface area contributed by atoms with Crippen molar-refractivity contribution < 1.29 is 9.66 Å². The number of nitrogens with zero attached hydrogens (tertiary/aromatic N) is 1. The van der Waals surface area contributed by atoms with Crippen LogP contribution in [0.5, 0.6) is 0 Å². The van der Waals surface area contributed by atoms with Crippen molar-refractivity contribution in [2.24, 2.45) is 0 Å². The van der Waals surface area contributed by atoms with Gasteiger partial charge in [0.15, 0.2) is 0 Å². The second-order valence-electron chi connectivity index (χ2n) is 3.62. The van der Waals surface area contributed by atoms with E-state index in [-0.39, 0.29) is 18.4 Å². The number of benzene rings is 1. The number of hydrogen-bond donors (Lipinski definition) is 1. The van der Waals surface area contributed by atoms with E-state index in [1.807, 2.05) is 0 Å². The van der Waals surface area contributed by atoms with Crippen LogP contribution >= 0.6 is 11.6 Å². The Kier molecular flexibility index (Phi) is 3.38. The zero-order chi connectivity index (χ0) is 11.5. The molecule has 0 spiro atoms. The van der Waals surface area contributed by atoms with Gasteiger partial charge in [-0.2, -0.15) is 0 Å². The van der Waals surface area contributed by atoms with Crippen molar-refractivity contribution in [2.75, 3.05) is 13.1 Å². The van der Waals surface area contributed by atoms with Crippen molar-refractivity contribution in [2.45, 2.75) is 12.7 Å². The number of hydrogen-bond acceptors (Lipinski definition) is 4. The normalized spacial score (nSPS) is 15.8. The third-order valence-corrected chi connectivity index (χ3v) is 2.70. The summed E-state index contributed by atoms with van der Waals surface area (Å²) in [5.41, 5.74) is 0.570. The van der Waals surface area contributed by atoms with Crippen LogP contribution in [-0.2, 0) is 11.3 Å². The third kappa shape index (κ3) is 2.49. The number of nitro groups is 1. The summed E-state index contributed by atoms with van der Waals surface area (Å²) >= 11 is 5.71. The Morgan fingerprint density at radius 2 is 2.31 bits per heavy atom. The fraction of sp³-hybridized carbons (Fsp3) is 0.400. The van der Waals surface area contributed by atoms with Gasteiger partial charge in [0.2, 0.25) is 0 Å². The molecule has 6 heteroatoms. The highest BCUT2D eigenvalue weighted by Crippen LogP contribution is 2.24. The smallest absolute Gasteiger partial charge is 0.276 e. The average Bonchev–Trinajstić information content (AvgIpc) is 2.17. The minimum Gasteiger partial charge on any atom is -0.371 e. The van der Waals surface area contributed by atoms with Gasteiger partial charge in [-0.1, -0.05) is 11.6 Å². The summed E-state index contributed by atoms with van der Waals surface area (Å²) in [5, 5.41) is 14.2. The summed E-state index contributed by atoms with van der Waals surface area (Å²) in [6.07, 6.45) is 0.162. The van der Waals surface area contributed by atoms with Crippen molar-refractivity contribution in [3.63, 3.8) is 0 Å². The van der Waals surface area contributed by atoms with Crippen LogP contribution in [0.3, 0.4) is 0 Å². The van der Waals surface area contributed by atoms with Crippen molar-refractivity contribution in [3.05, 3.63) is 38.9 Å². The van der Waals surface area contributed by atoms with E-state index < -0.39 is 4.92 Å². The standard InChI is InChI=1S/C10H11ClN2O3/c11-8-2-1-7(10(3-8)13(14)15)6-16-9-4-12-5-9/h1-3,9,12H,4-6H2. The van der Waals surface area contributed by atoms with Gasteiger partial charge in [-0.15, -0.1) is 0 Å². The first-order valence-corrected chi connectivity index (χ1v) is 5.30. The van der Waals surface area contributed by atoms with E-state index in [9.17, 15) is 10.1 Å². The minimum absolute atomic E-state index is 0.0137. The summed E-state index contributed by atoms with van der Waals surface area (Å²) in [7, 11) is 0. The van der Waals surface area contributed by atoms with Crippen LogP contribution in [0.4, 0.5) is 5.69 Å². The minimum atomic E-state index is -0.441. The van der Waals surface area contributed by atoms with Gasteiger partial charge in [-0.25, -0.2) is 0 Å². The van der Waals surface area contributed by atoms with Crippen LogP contribution in [0.15, 0.2) is 18.2 Å². The molecule has 5 nitrogen and oxygen atoms in total. The van der Waals surface area contributed by atoms with Crippen molar-refractivity contribution >= 4 is 17.3 Å². The molecule has 0 saturated carbocycles. The van der Waals surface area contributed by atoms with E-state index in [1.54, 1.807) is 12.1 Å². The molecule has 1 N–H and O–H groups in total. The predicted octanol–water partition coefficient (Wildman–Crippen LogP) is 1.74. The molecular formula is C10H11ClN2O3. The maximum atomic E-state index is 10.8. The molecule has 1 heterocycles. The Morgan fingerprint density at radius 3 is 2.88 bits per heavy atom. The third-order valence-electron chi connectivity index (χ3n) is 2.46. The van der Waals surface area contributed by atoms with Gasteiger partial charge in [0.1, 0.15) is 0 Å². The predicted molar refractivity (Wildman–Crippen MR) is 59.6 cm³/mol. The average molecular weight is 243 g/mol. The molecule has 0 aliphatic carbocycles. The van der Waals surface area contributed by atoms with Crippen molar-refractivity contribution in [1.82, 2.24) is 5.32 Å². The Morgan fingerprint density at radius 1 is 1.56 bits per heavy atom. The van der Waals surface area contributed by atoms with Crippen molar-refractivity contribution in [1.29, 1.82) is 0 Å². The fourth-order valence-electron chi connectivity index (χ4n) is 1.42. The van der Waals surface area contributed by atoms with Gasteiger partial charge < -0.3 is 10.1 Å². The highest BCUT2D eigenvalue weighted by Gasteiger charge is 2.20. The van der Waals surface area contributed by atoms with Crippen LogP contribution in [0.25, 0.3) is 0 Å². The molecule has 1 aliphatic heterocycles. The maximum Gasteiger partial charge on any atom is 0.276 e. The SMILES string of the molecule is O=[N+]([O-])c1cc(Cl)ccc1COC1CNC1. The van der Waals surface area contributed by atoms with Crippen molar-refractivity contribution in [3.8, 4) is 0 Å². The molecule has 16 heavy (non-hydrogen) atoms. The van der Waals surface area contributed by atoms with Crippen LogP contribution in [0.2, 0.25) is 5.02 Å². The molecule has 0 bridgehead atoms. The van der Waals surface area contributed by atoms with Crippen LogP contribution in [-0.4, -0.2) is 24.1 Å². The quantitative estimate of drug-likeness (QED) is 0.645. The van der Waals surface area contributed by atoms with Gasteiger partial charge in [-0.05, 0) is 12.1 Å². The number of rotatable bonds is 4. The summed E-state index contributed by atoms with van der Waals surface area (Å²) in [4.78, 5) is 10.3. The first-order valence-electron chi connectivity index (χ1n) is 4.92. The summed E-state index contributed by atoms with van der Waals surface area (Å²) in [6.45, 7) is 1.86. The van der Waals surface area contributed by atoms with Gasteiger partial charge in [-0.3, -0.25) is 10.1 Å². The Labute approximate surface area is 97.5 Å². The molecule has 0 radical (unpaired) electrons. The molecule has 86 valence electrons. The van der Waals surface area contributed by atoms with Gasteiger partial charge in [0.05, 0.1) is 23.2 Å². The van der Waals surface area contributed by atoms with Gasteiger partial charge in [0.25, 0.3) is 5.69 Å². The zero-order valence-electron chi connectivity index (χ0n) is 8.48. The molecule has 2 rings (SSSR count). The molecule has 1 fully saturated rings. The molecule has 0 unspecified atom stereocenters. The van der Waals surface area contributed by atoms with E-state index in [0.717, 1.165) is 13.1 Å². The molecular weight excluding hydrogens is 232 g/mol. The highest BCUT2D eigenvalue weighted by molar-refractivity contribution is 6.30. The summed E-state index contributed by atoms with van der Waals surface area (Å²) in [6, 6.07) is 4.61. The second kappa shape index (κ2) is 4.78. The zero-order valence-corrected chi connectivity index (χ0v) is 9.24. The molecule has 0 atom stereocenters. The Bertz CT molecular complexity index is 407. The first kappa shape index (κ1) is 11.3. The lowest BCUT2D eigenvalue weighted by molar-refractivity contribution is -0.386. The number of halogens is 1. The second-order valence-corrected chi connectivity index (χ2v) is 4.06.